The standard InChI is InChI=1S/C15H19NO/c16-10-4-7-13-5-3-6-14(11-13)12-17-15-8-1-2-9-15/h3,5-6,11,15H,1-2,8-10,12,16H2. The highest BCUT2D eigenvalue weighted by Gasteiger charge is 2.14. The zero-order valence-electron chi connectivity index (χ0n) is 10.1. The zero-order valence-corrected chi connectivity index (χ0v) is 10.1. The van der Waals surface area contributed by atoms with Crippen LogP contribution in [0.1, 0.15) is 36.8 Å². The van der Waals surface area contributed by atoms with E-state index in [2.05, 4.69) is 24.0 Å². The molecule has 0 bridgehead atoms. The van der Waals surface area contributed by atoms with E-state index in [1.165, 1.54) is 31.2 Å². The van der Waals surface area contributed by atoms with Crippen LogP contribution in [-0.2, 0) is 11.3 Å². The lowest BCUT2D eigenvalue weighted by Gasteiger charge is -2.10. The van der Waals surface area contributed by atoms with Crippen molar-refractivity contribution >= 4 is 0 Å². The molecule has 2 rings (SSSR count). The molecule has 0 aliphatic heterocycles. The van der Waals surface area contributed by atoms with Crippen LogP contribution in [0.15, 0.2) is 24.3 Å². The van der Waals surface area contributed by atoms with Gasteiger partial charge in [0, 0.05) is 5.56 Å². The molecule has 2 heteroatoms. The van der Waals surface area contributed by atoms with E-state index in [0.29, 0.717) is 19.3 Å². The number of ether oxygens (including phenoxy) is 1. The maximum Gasteiger partial charge on any atom is 0.0721 e. The van der Waals surface area contributed by atoms with Crippen LogP contribution in [0.3, 0.4) is 0 Å². The SMILES string of the molecule is NCC#Cc1cccc(COC2CCCC2)c1. The smallest absolute Gasteiger partial charge is 0.0721 e. The van der Waals surface area contributed by atoms with Gasteiger partial charge in [0.05, 0.1) is 19.3 Å². The molecule has 0 radical (unpaired) electrons. The average Bonchev–Trinajstić information content (AvgIpc) is 2.87. The Kier molecular flexibility index (Phi) is 4.61. The molecule has 17 heavy (non-hydrogen) atoms. The van der Waals surface area contributed by atoms with E-state index < -0.39 is 0 Å². The highest BCUT2D eigenvalue weighted by molar-refractivity contribution is 5.37. The van der Waals surface area contributed by atoms with Gasteiger partial charge in [-0.3, -0.25) is 0 Å². The van der Waals surface area contributed by atoms with Crippen molar-refractivity contribution in [1.82, 2.24) is 0 Å². The largest absolute Gasteiger partial charge is 0.374 e. The summed E-state index contributed by atoms with van der Waals surface area (Å²) in [7, 11) is 0. The minimum atomic E-state index is 0.406. The van der Waals surface area contributed by atoms with E-state index in [-0.39, 0.29) is 0 Å². The van der Waals surface area contributed by atoms with Crippen molar-refractivity contribution in [3.8, 4) is 11.8 Å². The Morgan fingerprint density at radius 3 is 2.88 bits per heavy atom. The summed E-state index contributed by atoms with van der Waals surface area (Å²) >= 11 is 0. The lowest BCUT2D eigenvalue weighted by molar-refractivity contribution is 0.0457. The van der Waals surface area contributed by atoms with Crippen molar-refractivity contribution in [1.29, 1.82) is 0 Å². The van der Waals surface area contributed by atoms with Gasteiger partial charge in [0.25, 0.3) is 0 Å². The van der Waals surface area contributed by atoms with Crippen molar-refractivity contribution in [3.63, 3.8) is 0 Å². The maximum absolute atomic E-state index is 5.88. The molecule has 1 fully saturated rings. The van der Waals surface area contributed by atoms with Gasteiger partial charge in [-0.1, -0.05) is 36.8 Å². The first-order valence-corrected chi connectivity index (χ1v) is 6.28. The molecule has 2 nitrogen and oxygen atoms in total. The molecule has 0 atom stereocenters. The highest BCUT2D eigenvalue weighted by Crippen LogP contribution is 2.22. The molecule has 0 heterocycles. The Bertz CT molecular complexity index is 410. The zero-order chi connectivity index (χ0) is 11.9. The third kappa shape index (κ3) is 3.89. The van der Waals surface area contributed by atoms with Crippen molar-refractivity contribution < 1.29 is 4.74 Å². The molecule has 1 aromatic rings. The van der Waals surface area contributed by atoms with Crippen LogP contribution in [0.2, 0.25) is 0 Å². The summed E-state index contributed by atoms with van der Waals surface area (Å²) in [5.74, 6) is 5.91. The molecule has 1 saturated carbocycles. The Balaban J connectivity index is 1.91. The number of hydrogen-bond acceptors (Lipinski definition) is 2. The fraction of sp³-hybridized carbons (Fsp3) is 0.467. The highest BCUT2D eigenvalue weighted by atomic mass is 16.5. The van der Waals surface area contributed by atoms with Gasteiger partial charge in [0.15, 0.2) is 0 Å². The van der Waals surface area contributed by atoms with E-state index in [1.807, 2.05) is 12.1 Å². The van der Waals surface area contributed by atoms with Gasteiger partial charge in [-0.2, -0.15) is 0 Å². The molecule has 0 aromatic heterocycles. The van der Waals surface area contributed by atoms with Crippen LogP contribution in [0.5, 0.6) is 0 Å². The molecule has 1 aliphatic rings. The van der Waals surface area contributed by atoms with Crippen LogP contribution in [0.4, 0.5) is 0 Å². The van der Waals surface area contributed by atoms with E-state index >= 15 is 0 Å². The molecule has 0 amide bonds. The summed E-state index contributed by atoms with van der Waals surface area (Å²) < 4.78 is 5.88. The predicted octanol–water partition coefficient (Wildman–Crippen LogP) is 2.46. The van der Waals surface area contributed by atoms with Gasteiger partial charge in [-0.25, -0.2) is 0 Å². The summed E-state index contributed by atoms with van der Waals surface area (Å²) in [5, 5.41) is 0. The lowest BCUT2D eigenvalue weighted by atomic mass is 10.1. The summed E-state index contributed by atoms with van der Waals surface area (Å²) in [6, 6.07) is 8.19. The van der Waals surface area contributed by atoms with Gasteiger partial charge >= 0.3 is 0 Å². The monoisotopic (exact) mass is 229 g/mol. The second-order valence-corrected chi connectivity index (χ2v) is 4.42. The third-order valence-corrected chi connectivity index (χ3v) is 3.05. The number of benzene rings is 1. The molecular formula is C15H19NO. The third-order valence-electron chi connectivity index (χ3n) is 3.05. The molecule has 0 unspecified atom stereocenters. The second-order valence-electron chi connectivity index (χ2n) is 4.42. The molecule has 1 aromatic carbocycles. The van der Waals surface area contributed by atoms with Gasteiger partial charge < -0.3 is 10.5 Å². The number of hydrogen-bond donors (Lipinski definition) is 1. The first kappa shape index (κ1) is 12.2. The number of rotatable bonds is 3. The van der Waals surface area contributed by atoms with Gasteiger partial charge in [-0.05, 0) is 30.5 Å². The van der Waals surface area contributed by atoms with Gasteiger partial charge in [0.1, 0.15) is 0 Å². The molecular weight excluding hydrogens is 210 g/mol. The van der Waals surface area contributed by atoms with E-state index in [0.717, 1.165) is 5.56 Å². The molecule has 1 aliphatic carbocycles. The van der Waals surface area contributed by atoms with Crippen LogP contribution in [0.25, 0.3) is 0 Å². The van der Waals surface area contributed by atoms with Crippen molar-refractivity contribution in [2.75, 3.05) is 6.54 Å². The summed E-state index contributed by atoms with van der Waals surface area (Å²) in [4.78, 5) is 0. The first-order valence-electron chi connectivity index (χ1n) is 6.28. The molecule has 2 N–H and O–H groups in total. The Labute approximate surface area is 103 Å². The number of nitrogens with two attached hydrogens (primary N) is 1. The first-order chi connectivity index (χ1) is 8.38. The quantitative estimate of drug-likeness (QED) is 0.808. The van der Waals surface area contributed by atoms with E-state index in [4.69, 9.17) is 10.5 Å². The summed E-state index contributed by atoms with van der Waals surface area (Å²) in [6.45, 7) is 1.10. The predicted molar refractivity (Wildman–Crippen MR) is 69.4 cm³/mol. The average molecular weight is 229 g/mol. The van der Waals surface area contributed by atoms with Crippen molar-refractivity contribution in [3.05, 3.63) is 35.4 Å². The maximum atomic E-state index is 5.88. The summed E-state index contributed by atoms with van der Waals surface area (Å²) in [6.07, 6.45) is 5.52. The van der Waals surface area contributed by atoms with Crippen LogP contribution in [0, 0.1) is 11.8 Å². The van der Waals surface area contributed by atoms with Crippen LogP contribution < -0.4 is 5.73 Å². The molecule has 90 valence electrons. The topological polar surface area (TPSA) is 35.2 Å². The Hall–Kier alpha value is -1.30. The van der Waals surface area contributed by atoms with Crippen molar-refractivity contribution in [2.24, 2.45) is 5.73 Å². The van der Waals surface area contributed by atoms with E-state index in [9.17, 15) is 0 Å². The lowest BCUT2D eigenvalue weighted by Crippen LogP contribution is -2.07. The second kappa shape index (κ2) is 6.44. The van der Waals surface area contributed by atoms with Crippen molar-refractivity contribution in [2.45, 2.75) is 38.4 Å². The van der Waals surface area contributed by atoms with Gasteiger partial charge in [-0.15, -0.1) is 0 Å². The fourth-order valence-electron chi connectivity index (χ4n) is 2.16. The van der Waals surface area contributed by atoms with Gasteiger partial charge in [0.2, 0.25) is 0 Å². The minimum Gasteiger partial charge on any atom is -0.374 e. The molecule has 0 spiro atoms. The fourth-order valence-corrected chi connectivity index (χ4v) is 2.16. The summed E-state index contributed by atoms with van der Waals surface area (Å²) in [5.41, 5.74) is 7.57. The van der Waals surface area contributed by atoms with Crippen LogP contribution >= 0.6 is 0 Å². The molecule has 0 saturated heterocycles. The Morgan fingerprint density at radius 1 is 1.29 bits per heavy atom. The van der Waals surface area contributed by atoms with Crippen LogP contribution in [-0.4, -0.2) is 12.6 Å². The van der Waals surface area contributed by atoms with E-state index in [1.54, 1.807) is 0 Å². The normalized spacial score (nSPS) is 15.6. The minimum absolute atomic E-state index is 0.406. The Morgan fingerprint density at radius 2 is 2.12 bits per heavy atom.